The topological polar surface area (TPSA) is 46.6 Å². The molecular weight excluding hydrogens is 290 g/mol. The number of carbonyl (C=O) groups excluding carboxylic acids is 1. The molecule has 4 heteroatoms. The third kappa shape index (κ3) is 3.80. The minimum atomic E-state index is -0.137. The normalized spacial score (nSPS) is 11.0. The van der Waals surface area contributed by atoms with Crippen molar-refractivity contribution in [1.29, 1.82) is 0 Å². The van der Waals surface area contributed by atoms with Gasteiger partial charge in [-0.1, -0.05) is 17.7 Å². The lowest BCUT2D eigenvalue weighted by molar-refractivity contribution is -0.114. The van der Waals surface area contributed by atoms with E-state index in [1.165, 1.54) is 6.08 Å². The van der Waals surface area contributed by atoms with E-state index in [0.717, 1.165) is 17.0 Å². The summed E-state index contributed by atoms with van der Waals surface area (Å²) in [6, 6.07) is 15.1. The maximum Gasteiger partial charge on any atom is 0.251 e. The van der Waals surface area contributed by atoms with Crippen molar-refractivity contribution in [2.45, 2.75) is 13.5 Å². The molecule has 0 aliphatic carbocycles. The number of amides is 1. The number of anilines is 1. The molecule has 0 aliphatic heterocycles. The molecule has 0 fully saturated rings. The van der Waals surface area contributed by atoms with Crippen LogP contribution in [0.1, 0.15) is 17.1 Å². The molecule has 4 nitrogen and oxygen atoms in total. The zero-order valence-corrected chi connectivity index (χ0v) is 12.8. The number of carbonyl (C=O) groups is 1. The Labute approximate surface area is 134 Å². The van der Waals surface area contributed by atoms with E-state index in [0.29, 0.717) is 12.3 Å². The summed E-state index contributed by atoms with van der Waals surface area (Å²) in [5, 5.41) is 0. The Morgan fingerprint density at radius 1 is 1.04 bits per heavy atom. The lowest BCUT2D eigenvalue weighted by atomic mass is 10.2. The average molecular weight is 307 g/mol. The summed E-state index contributed by atoms with van der Waals surface area (Å²) in [6.07, 6.45) is 6.34. The van der Waals surface area contributed by atoms with Gasteiger partial charge in [0.1, 0.15) is 11.5 Å². The van der Waals surface area contributed by atoms with Crippen LogP contribution in [0.25, 0.3) is 6.08 Å². The predicted octanol–water partition coefficient (Wildman–Crippen LogP) is 4.43. The first kappa shape index (κ1) is 14.9. The summed E-state index contributed by atoms with van der Waals surface area (Å²) >= 11 is 0. The van der Waals surface area contributed by atoms with E-state index in [1.807, 2.05) is 43.3 Å². The maximum absolute atomic E-state index is 12.6. The van der Waals surface area contributed by atoms with Crippen molar-refractivity contribution < 1.29 is 13.6 Å². The molecule has 0 saturated heterocycles. The highest BCUT2D eigenvalue weighted by molar-refractivity contribution is 6.03. The third-order valence-electron chi connectivity index (χ3n) is 3.44. The maximum atomic E-state index is 12.6. The van der Waals surface area contributed by atoms with Crippen LogP contribution in [0.15, 0.2) is 76.0 Å². The first-order chi connectivity index (χ1) is 11.2. The molecule has 2 heterocycles. The van der Waals surface area contributed by atoms with Crippen LogP contribution in [0.3, 0.4) is 0 Å². The fraction of sp³-hybridized carbons (Fsp3) is 0.105. The molecule has 2 aromatic heterocycles. The van der Waals surface area contributed by atoms with Gasteiger partial charge in [0.05, 0.1) is 19.1 Å². The number of aryl methyl sites for hydroxylation is 1. The number of hydrogen-bond donors (Lipinski definition) is 0. The van der Waals surface area contributed by atoms with E-state index >= 15 is 0 Å². The van der Waals surface area contributed by atoms with Crippen molar-refractivity contribution in [3.63, 3.8) is 0 Å². The highest BCUT2D eigenvalue weighted by Gasteiger charge is 2.15. The zero-order valence-electron chi connectivity index (χ0n) is 12.8. The standard InChI is InChI=1S/C19H17NO3/c1-15-6-8-16(9-7-15)20(14-18-5-3-13-23-18)19(21)11-10-17-4-2-12-22-17/h2-13H,14H2,1H3. The molecule has 0 spiro atoms. The van der Waals surface area contributed by atoms with Crippen LogP contribution in [-0.4, -0.2) is 5.91 Å². The van der Waals surface area contributed by atoms with Gasteiger partial charge >= 0.3 is 0 Å². The third-order valence-corrected chi connectivity index (χ3v) is 3.44. The summed E-state index contributed by atoms with van der Waals surface area (Å²) in [6.45, 7) is 2.39. The van der Waals surface area contributed by atoms with Crippen molar-refractivity contribution in [3.05, 3.63) is 84.2 Å². The molecule has 0 unspecified atom stereocenters. The molecule has 3 aromatic rings. The van der Waals surface area contributed by atoms with Gasteiger partial charge < -0.3 is 13.7 Å². The largest absolute Gasteiger partial charge is 0.467 e. The lowest BCUT2D eigenvalue weighted by Crippen LogP contribution is -2.28. The van der Waals surface area contributed by atoms with Gasteiger partial charge in [-0.25, -0.2) is 0 Å². The van der Waals surface area contributed by atoms with Gasteiger partial charge in [-0.15, -0.1) is 0 Å². The lowest BCUT2D eigenvalue weighted by Gasteiger charge is -2.20. The van der Waals surface area contributed by atoms with Gasteiger partial charge in [-0.05, 0) is 49.4 Å². The fourth-order valence-corrected chi connectivity index (χ4v) is 2.21. The molecular formula is C19H17NO3. The number of rotatable bonds is 5. The minimum Gasteiger partial charge on any atom is -0.467 e. The van der Waals surface area contributed by atoms with Crippen LogP contribution in [0.2, 0.25) is 0 Å². The summed E-state index contributed by atoms with van der Waals surface area (Å²) in [4.78, 5) is 14.3. The molecule has 1 aromatic carbocycles. The van der Waals surface area contributed by atoms with Crippen molar-refractivity contribution in [2.75, 3.05) is 4.90 Å². The molecule has 0 bridgehead atoms. The second-order valence-corrected chi connectivity index (χ2v) is 5.19. The Bertz CT molecular complexity index is 769. The summed E-state index contributed by atoms with van der Waals surface area (Å²) in [7, 11) is 0. The van der Waals surface area contributed by atoms with Gasteiger partial charge in [-0.3, -0.25) is 4.79 Å². The molecule has 23 heavy (non-hydrogen) atoms. The Morgan fingerprint density at radius 3 is 2.43 bits per heavy atom. The average Bonchev–Trinajstić information content (AvgIpc) is 3.25. The van der Waals surface area contributed by atoms with E-state index in [2.05, 4.69) is 0 Å². The first-order valence-electron chi connectivity index (χ1n) is 7.34. The van der Waals surface area contributed by atoms with Crippen LogP contribution in [-0.2, 0) is 11.3 Å². The highest BCUT2D eigenvalue weighted by Crippen LogP contribution is 2.19. The molecule has 3 rings (SSSR count). The zero-order chi connectivity index (χ0) is 16.1. The Hall–Kier alpha value is -3.01. The van der Waals surface area contributed by atoms with Crippen LogP contribution in [0.5, 0.6) is 0 Å². The second-order valence-electron chi connectivity index (χ2n) is 5.19. The smallest absolute Gasteiger partial charge is 0.251 e. The molecule has 0 saturated carbocycles. The Balaban J connectivity index is 1.84. The van der Waals surface area contributed by atoms with Gasteiger partial charge in [0.15, 0.2) is 0 Å². The Kier molecular flexibility index (Phi) is 4.43. The molecule has 116 valence electrons. The number of nitrogens with zero attached hydrogens (tertiary/aromatic N) is 1. The van der Waals surface area contributed by atoms with E-state index < -0.39 is 0 Å². The molecule has 0 aliphatic rings. The molecule has 0 atom stereocenters. The summed E-state index contributed by atoms with van der Waals surface area (Å²) in [5.74, 6) is 1.23. The van der Waals surface area contributed by atoms with Gasteiger partial charge in [0.2, 0.25) is 0 Å². The summed E-state index contributed by atoms with van der Waals surface area (Å²) in [5.41, 5.74) is 1.96. The van der Waals surface area contributed by atoms with Crippen molar-refractivity contribution in [2.24, 2.45) is 0 Å². The monoisotopic (exact) mass is 307 g/mol. The van der Waals surface area contributed by atoms with Crippen LogP contribution < -0.4 is 4.90 Å². The van der Waals surface area contributed by atoms with Crippen molar-refractivity contribution in [3.8, 4) is 0 Å². The van der Waals surface area contributed by atoms with Crippen LogP contribution >= 0.6 is 0 Å². The SMILES string of the molecule is Cc1ccc(N(Cc2ccco2)C(=O)C=Cc2ccco2)cc1. The fourth-order valence-electron chi connectivity index (χ4n) is 2.21. The van der Waals surface area contributed by atoms with Gasteiger partial charge in [-0.2, -0.15) is 0 Å². The van der Waals surface area contributed by atoms with Gasteiger partial charge in [0, 0.05) is 11.8 Å². The number of furan rings is 2. The van der Waals surface area contributed by atoms with E-state index in [1.54, 1.807) is 35.6 Å². The van der Waals surface area contributed by atoms with E-state index in [9.17, 15) is 4.79 Å². The summed E-state index contributed by atoms with van der Waals surface area (Å²) < 4.78 is 10.6. The Morgan fingerprint density at radius 2 is 1.78 bits per heavy atom. The number of hydrogen-bond acceptors (Lipinski definition) is 3. The predicted molar refractivity (Wildman–Crippen MR) is 88.8 cm³/mol. The van der Waals surface area contributed by atoms with E-state index in [4.69, 9.17) is 8.83 Å². The quantitative estimate of drug-likeness (QED) is 0.655. The minimum absolute atomic E-state index is 0.137. The molecule has 0 radical (unpaired) electrons. The molecule has 1 amide bonds. The van der Waals surface area contributed by atoms with Crippen molar-refractivity contribution in [1.82, 2.24) is 0 Å². The molecule has 0 N–H and O–H groups in total. The second kappa shape index (κ2) is 6.83. The van der Waals surface area contributed by atoms with Gasteiger partial charge in [0.25, 0.3) is 5.91 Å². The van der Waals surface area contributed by atoms with E-state index in [-0.39, 0.29) is 5.91 Å². The number of benzene rings is 1. The highest BCUT2D eigenvalue weighted by atomic mass is 16.3. The first-order valence-corrected chi connectivity index (χ1v) is 7.34. The van der Waals surface area contributed by atoms with Crippen LogP contribution in [0.4, 0.5) is 5.69 Å². The van der Waals surface area contributed by atoms with Crippen LogP contribution in [0, 0.1) is 6.92 Å². The van der Waals surface area contributed by atoms with Crippen molar-refractivity contribution >= 4 is 17.7 Å².